The fourth-order valence-electron chi connectivity index (χ4n) is 4.28. The summed E-state index contributed by atoms with van der Waals surface area (Å²) < 4.78 is 10.8. The summed E-state index contributed by atoms with van der Waals surface area (Å²) in [6.45, 7) is 4.47. The van der Waals surface area contributed by atoms with Gasteiger partial charge in [0.15, 0.2) is 11.5 Å². The van der Waals surface area contributed by atoms with E-state index in [1.165, 1.54) is 6.92 Å². The van der Waals surface area contributed by atoms with E-state index < -0.39 is 6.04 Å². The maximum atomic E-state index is 13.1. The number of carbonyl (C=O) groups is 3. The molecule has 182 valence electrons. The van der Waals surface area contributed by atoms with Gasteiger partial charge in [0, 0.05) is 43.6 Å². The number of rotatable bonds is 8. The van der Waals surface area contributed by atoms with Crippen molar-refractivity contribution in [2.75, 3.05) is 27.3 Å². The van der Waals surface area contributed by atoms with E-state index in [2.05, 4.69) is 10.6 Å². The molecule has 1 atom stereocenters. The molecular weight excluding hydrogens is 434 g/mol. The number of aryl methyl sites for hydroxylation is 1. The molecule has 8 nitrogen and oxygen atoms in total. The lowest BCUT2D eigenvalue weighted by Crippen LogP contribution is -2.53. The van der Waals surface area contributed by atoms with Gasteiger partial charge in [-0.2, -0.15) is 0 Å². The van der Waals surface area contributed by atoms with Crippen LogP contribution in [0.5, 0.6) is 11.5 Å². The van der Waals surface area contributed by atoms with E-state index in [0.29, 0.717) is 43.0 Å². The summed E-state index contributed by atoms with van der Waals surface area (Å²) in [6, 6.07) is 12.2. The van der Waals surface area contributed by atoms with E-state index in [1.54, 1.807) is 20.3 Å². The molecule has 1 aliphatic heterocycles. The van der Waals surface area contributed by atoms with E-state index in [4.69, 9.17) is 9.47 Å². The van der Waals surface area contributed by atoms with Gasteiger partial charge in [-0.3, -0.25) is 14.4 Å². The van der Waals surface area contributed by atoms with E-state index in [-0.39, 0.29) is 30.2 Å². The lowest BCUT2D eigenvalue weighted by molar-refractivity contribution is -0.128. The molecule has 3 rings (SSSR count). The number of amides is 3. The molecule has 8 heteroatoms. The van der Waals surface area contributed by atoms with Gasteiger partial charge in [-0.05, 0) is 38.0 Å². The SMILES string of the molecule is COc1cccc(C[C@@H](NC(C)=O)C(=O)NC2CCN(C(=O)c3cccc(C)c3)CC2)c1OC. The fourth-order valence-corrected chi connectivity index (χ4v) is 4.28. The number of para-hydroxylation sites is 1. The quantitative estimate of drug-likeness (QED) is 0.622. The van der Waals surface area contributed by atoms with Crippen molar-refractivity contribution in [1.29, 1.82) is 0 Å². The smallest absolute Gasteiger partial charge is 0.253 e. The Kier molecular flexibility index (Phi) is 8.51. The molecule has 0 unspecified atom stereocenters. The predicted octanol–water partition coefficient (Wildman–Crippen LogP) is 2.48. The molecule has 34 heavy (non-hydrogen) atoms. The molecule has 0 bridgehead atoms. The van der Waals surface area contributed by atoms with Gasteiger partial charge in [0.2, 0.25) is 11.8 Å². The highest BCUT2D eigenvalue weighted by Crippen LogP contribution is 2.31. The first-order valence-electron chi connectivity index (χ1n) is 11.5. The third-order valence-electron chi connectivity index (χ3n) is 6.00. The minimum absolute atomic E-state index is 0.00900. The Labute approximate surface area is 200 Å². The number of nitrogens with zero attached hydrogens (tertiary/aromatic N) is 1. The van der Waals surface area contributed by atoms with Crippen molar-refractivity contribution >= 4 is 17.7 Å². The van der Waals surface area contributed by atoms with Crippen LogP contribution in [0.4, 0.5) is 0 Å². The average molecular weight is 468 g/mol. The van der Waals surface area contributed by atoms with Crippen LogP contribution in [-0.2, 0) is 16.0 Å². The molecule has 2 N–H and O–H groups in total. The topological polar surface area (TPSA) is 97.0 Å². The van der Waals surface area contributed by atoms with Crippen molar-refractivity contribution in [3.63, 3.8) is 0 Å². The van der Waals surface area contributed by atoms with Crippen LogP contribution in [-0.4, -0.2) is 62.0 Å². The summed E-state index contributed by atoms with van der Waals surface area (Å²) in [5, 5.41) is 5.80. The zero-order valence-corrected chi connectivity index (χ0v) is 20.2. The first-order chi connectivity index (χ1) is 16.3. The second kappa shape index (κ2) is 11.5. The first-order valence-corrected chi connectivity index (χ1v) is 11.5. The first kappa shape index (κ1) is 25.1. The summed E-state index contributed by atoms with van der Waals surface area (Å²) in [7, 11) is 3.09. The minimum atomic E-state index is -0.759. The molecule has 1 saturated heterocycles. The molecular formula is C26H33N3O5. The van der Waals surface area contributed by atoms with Crippen LogP contribution in [0.2, 0.25) is 0 Å². The van der Waals surface area contributed by atoms with Crippen LogP contribution in [0.25, 0.3) is 0 Å². The van der Waals surface area contributed by atoms with E-state index in [9.17, 15) is 14.4 Å². The maximum Gasteiger partial charge on any atom is 0.253 e. The van der Waals surface area contributed by atoms with Gasteiger partial charge in [-0.1, -0.05) is 29.8 Å². The monoisotopic (exact) mass is 467 g/mol. The van der Waals surface area contributed by atoms with Crippen molar-refractivity contribution in [3.8, 4) is 11.5 Å². The zero-order chi connectivity index (χ0) is 24.7. The number of benzene rings is 2. The number of methoxy groups -OCH3 is 2. The van der Waals surface area contributed by atoms with Crippen molar-refractivity contribution in [2.24, 2.45) is 0 Å². The fraction of sp³-hybridized carbons (Fsp3) is 0.423. The number of nitrogens with one attached hydrogen (secondary N) is 2. The van der Waals surface area contributed by atoms with Gasteiger partial charge in [0.1, 0.15) is 6.04 Å². The summed E-state index contributed by atoms with van der Waals surface area (Å²) >= 11 is 0. The van der Waals surface area contributed by atoms with Crippen LogP contribution in [0.1, 0.15) is 41.3 Å². The van der Waals surface area contributed by atoms with Gasteiger partial charge >= 0.3 is 0 Å². The molecule has 0 radical (unpaired) electrons. The van der Waals surface area contributed by atoms with Crippen LogP contribution >= 0.6 is 0 Å². The lowest BCUT2D eigenvalue weighted by atomic mass is 10.0. The van der Waals surface area contributed by atoms with Gasteiger partial charge < -0.3 is 25.0 Å². The van der Waals surface area contributed by atoms with Crippen molar-refractivity contribution in [2.45, 2.75) is 45.2 Å². The van der Waals surface area contributed by atoms with Crippen molar-refractivity contribution in [3.05, 3.63) is 59.2 Å². The van der Waals surface area contributed by atoms with Crippen LogP contribution in [0, 0.1) is 6.92 Å². The molecule has 2 aromatic carbocycles. The number of likely N-dealkylation sites (tertiary alicyclic amines) is 1. The molecule has 1 heterocycles. The highest BCUT2D eigenvalue weighted by Gasteiger charge is 2.28. The van der Waals surface area contributed by atoms with Crippen LogP contribution in [0.15, 0.2) is 42.5 Å². The zero-order valence-electron chi connectivity index (χ0n) is 20.2. The van der Waals surface area contributed by atoms with Gasteiger partial charge in [-0.15, -0.1) is 0 Å². The van der Waals surface area contributed by atoms with Gasteiger partial charge in [-0.25, -0.2) is 0 Å². The Morgan fingerprint density at radius 3 is 2.38 bits per heavy atom. The predicted molar refractivity (Wildman–Crippen MR) is 129 cm³/mol. The van der Waals surface area contributed by atoms with E-state index in [1.807, 2.05) is 48.2 Å². The third-order valence-corrected chi connectivity index (χ3v) is 6.00. The second-order valence-corrected chi connectivity index (χ2v) is 8.55. The second-order valence-electron chi connectivity index (χ2n) is 8.55. The highest BCUT2D eigenvalue weighted by atomic mass is 16.5. The molecule has 1 aliphatic rings. The van der Waals surface area contributed by atoms with E-state index >= 15 is 0 Å². The molecule has 1 fully saturated rings. The Balaban J connectivity index is 1.62. The highest BCUT2D eigenvalue weighted by molar-refractivity contribution is 5.94. The summed E-state index contributed by atoms with van der Waals surface area (Å²) in [5.74, 6) is 0.558. The Morgan fingerprint density at radius 2 is 1.76 bits per heavy atom. The molecule has 0 saturated carbocycles. The molecule has 2 aromatic rings. The lowest BCUT2D eigenvalue weighted by Gasteiger charge is -2.33. The van der Waals surface area contributed by atoms with Gasteiger partial charge in [0.05, 0.1) is 14.2 Å². The van der Waals surface area contributed by atoms with Crippen molar-refractivity contribution in [1.82, 2.24) is 15.5 Å². The molecule has 0 spiro atoms. The Hall–Kier alpha value is -3.55. The molecule has 0 aromatic heterocycles. The number of hydrogen-bond acceptors (Lipinski definition) is 5. The van der Waals surface area contributed by atoms with Crippen LogP contribution < -0.4 is 20.1 Å². The Bertz CT molecular complexity index is 1030. The number of piperidine rings is 1. The minimum Gasteiger partial charge on any atom is -0.493 e. The normalized spacial score (nSPS) is 14.8. The largest absolute Gasteiger partial charge is 0.493 e. The number of hydrogen-bond donors (Lipinski definition) is 2. The Morgan fingerprint density at radius 1 is 1.06 bits per heavy atom. The molecule has 0 aliphatic carbocycles. The standard InChI is InChI=1S/C26H33N3O5/c1-17-7-5-9-20(15-17)26(32)29-13-11-21(12-14-29)28-25(31)22(27-18(2)30)16-19-8-6-10-23(33-3)24(19)34-4/h5-10,15,21-22H,11-14,16H2,1-4H3,(H,27,30)(H,28,31)/t22-/m1/s1. The van der Waals surface area contributed by atoms with Crippen molar-refractivity contribution < 1.29 is 23.9 Å². The number of carbonyl (C=O) groups excluding carboxylic acids is 3. The maximum absolute atomic E-state index is 13.1. The average Bonchev–Trinajstić information content (AvgIpc) is 2.83. The third kappa shape index (κ3) is 6.27. The summed E-state index contributed by atoms with van der Waals surface area (Å²) in [6.07, 6.45) is 1.56. The summed E-state index contributed by atoms with van der Waals surface area (Å²) in [5.41, 5.74) is 2.49. The van der Waals surface area contributed by atoms with Crippen LogP contribution in [0.3, 0.4) is 0 Å². The number of ether oxygens (including phenoxy) is 2. The summed E-state index contributed by atoms with van der Waals surface area (Å²) in [4.78, 5) is 39.5. The van der Waals surface area contributed by atoms with Gasteiger partial charge in [0.25, 0.3) is 5.91 Å². The molecule has 3 amide bonds. The van der Waals surface area contributed by atoms with E-state index in [0.717, 1.165) is 11.1 Å².